The van der Waals surface area contributed by atoms with Gasteiger partial charge in [-0.05, 0) is 87.1 Å². The summed E-state index contributed by atoms with van der Waals surface area (Å²) in [6, 6.07) is 6.99. The van der Waals surface area contributed by atoms with E-state index in [9.17, 15) is 0 Å². The van der Waals surface area contributed by atoms with Gasteiger partial charge in [-0.3, -0.25) is 4.68 Å². The minimum absolute atomic E-state index is 0.445. The van der Waals surface area contributed by atoms with E-state index in [0.717, 1.165) is 64.3 Å². The number of halogens is 1. The number of aryl methyl sites for hydroxylation is 1. The quantitative estimate of drug-likeness (QED) is 0.455. The van der Waals surface area contributed by atoms with Crippen LogP contribution in [0.4, 0.5) is 5.82 Å². The Bertz CT molecular complexity index is 695. The molecule has 152 valence electrons. The highest BCUT2D eigenvalue weighted by atomic mass is 127. The van der Waals surface area contributed by atoms with Crippen molar-refractivity contribution in [3.63, 3.8) is 0 Å². The Labute approximate surface area is 178 Å². The Kier molecular flexibility index (Phi) is 9.32. The maximum atomic E-state index is 5.88. The lowest BCUT2D eigenvalue weighted by molar-refractivity contribution is 0.292. The van der Waals surface area contributed by atoms with Gasteiger partial charge in [0.1, 0.15) is 0 Å². The maximum Gasteiger partial charge on any atom is 0.158 e. The molecule has 5 nitrogen and oxygen atoms in total. The smallest absolute Gasteiger partial charge is 0.158 e. The topological polar surface area (TPSA) is 50.3 Å². The second kappa shape index (κ2) is 11.2. The van der Waals surface area contributed by atoms with Crippen LogP contribution in [0.25, 0.3) is 10.9 Å². The Morgan fingerprint density at radius 2 is 1.89 bits per heavy atom. The first kappa shape index (κ1) is 22.4. The third-order valence-corrected chi connectivity index (χ3v) is 6.34. The molecule has 6 heteroatoms. The van der Waals surface area contributed by atoms with Crippen molar-refractivity contribution < 1.29 is 0 Å². The Balaban J connectivity index is 2.36. The number of fused-ring (bicyclic) bond motifs is 1. The average molecular weight is 485 g/mol. The van der Waals surface area contributed by atoms with E-state index in [0.29, 0.717) is 6.04 Å². The van der Waals surface area contributed by atoms with Crippen molar-refractivity contribution in [1.82, 2.24) is 14.7 Å². The molecule has 0 aliphatic heterocycles. The average Bonchev–Trinajstić information content (AvgIpc) is 3.05. The van der Waals surface area contributed by atoms with Crippen molar-refractivity contribution >= 4 is 39.3 Å². The summed E-state index contributed by atoms with van der Waals surface area (Å²) in [5, 5.41) is 6.37. The normalized spacial score (nSPS) is 12.9. The second-order valence-electron chi connectivity index (χ2n) is 6.99. The summed E-state index contributed by atoms with van der Waals surface area (Å²) in [4.78, 5) is 4.93. The highest BCUT2D eigenvalue weighted by Gasteiger charge is 2.22. The first-order valence-corrected chi connectivity index (χ1v) is 11.5. The second-order valence-corrected chi connectivity index (χ2v) is 8.15. The molecule has 1 unspecified atom stereocenters. The number of anilines is 1. The van der Waals surface area contributed by atoms with Crippen LogP contribution < -0.4 is 10.6 Å². The van der Waals surface area contributed by atoms with Crippen LogP contribution in [-0.2, 0) is 6.54 Å². The van der Waals surface area contributed by atoms with Crippen molar-refractivity contribution in [2.24, 2.45) is 5.73 Å². The van der Waals surface area contributed by atoms with E-state index < -0.39 is 0 Å². The molecular formula is C21H36IN5. The predicted molar refractivity (Wildman–Crippen MR) is 126 cm³/mol. The van der Waals surface area contributed by atoms with E-state index in [1.165, 1.54) is 14.5 Å². The SMILES string of the molecule is CCC(CCN)N(CC)c1nn(CCCN(CC)CC)c2c(I)cccc12. The molecule has 2 rings (SSSR count). The monoisotopic (exact) mass is 485 g/mol. The summed E-state index contributed by atoms with van der Waals surface area (Å²) in [7, 11) is 0. The lowest BCUT2D eigenvalue weighted by atomic mass is 10.1. The van der Waals surface area contributed by atoms with E-state index in [-0.39, 0.29) is 0 Å². The number of hydrogen-bond donors (Lipinski definition) is 1. The molecule has 0 bridgehead atoms. The number of benzene rings is 1. The largest absolute Gasteiger partial charge is 0.352 e. The van der Waals surface area contributed by atoms with Gasteiger partial charge in [0.2, 0.25) is 0 Å². The number of nitrogens with zero attached hydrogens (tertiary/aromatic N) is 4. The van der Waals surface area contributed by atoms with Crippen LogP contribution in [0.5, 0.6) is 0 Å². The molecule has 0 fully saturated rings. The molecule has 1 heterocycles. The van der Waals surface area contributed by atoms with E-state index in [1.807, 2.05) is 0 Å². The third-order valence-electron chi connectivity index (χ3n) is 5.46. The summed E-state index contributed by atoms with van der Waals surface area (Å²) in [5.74, 6) is 1.12. The standard InChI is InChI=1S/C21H36IN5/c1-5-17(13-14-23)26(8-4)21-18-11-9-12-19(22)20(18)27(24-21)16-10-15-25(6-2)7-3/h9,11-12,17H,5-8,10,13-16,23H2,1-4H3. The maximum absolute atomic E-state index is 5.88. The molecule has 0 saturated carbocycles. The molecule has 0 saturated heterocycles. The van der Waals surface area contributed by atoms with Gasteiger partial charge >= 0.3 is 0 Å². The summed E-state index contributed by atoms with van der Waals surface area (Å²) in [5.41, 5.74) is 7.15. The van der Waals surface area contributed by atoms with Gasteiger partial charge in [0.05, 0.1) is 5.52 Å². The molecule has 27 heavy (non-hydrogen) atoms. The number of para-hydroxylation sites is 1. The van der Waals surface area contributed by atoms with Crippen LogP contribution in [0.3, 0.4) is 0 Å². The molecular weight excluding hydrogens is 449 g/mol. The number of nitrogens with two attached hydrogens (primary N) is 1. The molecule has 1 atom stereocenters. The highest BCUT2D eigenvalue weighted by molar-refractivity contribution is 14.1. The number of rotatable bonds is 12. The van der Waals surface area contributed by atoms with Gasteiger partial charge in [-0.15, -0.1) is 0 Å². The molecule has 0 radical (unpaired) electrons. The Morgan fingerprint density at radius 3 is 2.48 bits per heavy atom. The first-order valence-electron chi connectivity index (χ1n) is 10.4. The molecule has 0 aliphatic carbocycles. The minimum Gasteiger partial charge on any atom is -0.352 e. The summed E-state index contributed by atoms with van der Waals surface area (Å²) >= 11 is 2.45. The van der Waals surface area contributed by atoms with Gasteiger partial charge in [0.25, 0.3) is 0 Å². The van der Waals surface area contributed by atoms with Crippen LogP contribution in [-0.4, -0.2) is 53.4 Å². The molecule has 2 N–H and O–H groups in total. The van der Waals surface area contributed by atoms with Crippen LogP contribution in [0, 0.1) is 3.57 Å². The van der Waals surface area contributed by atoms with E-state index in [2.05, 4.69) is 83.0 Å². The van der Waals surface area contributed by atoms with Crippen LogP contribution in [0.15, 0.2) is 18.2 Å². The van der Waals surface area contributed by atoms with Crippen molar-refractivity contribution in [3.8, 4) is 0 Å². The van der Waals surface area contributed by atoms with Crippen molar-refractivity contribution in [2.75, 3.05) is 37.6 Å². The predicted octanol–water partition coefficient (Wildman–Crippen LogP) is 4.33. The fourth-order valence-electron chi connectivity index (χ4n) is 3.89. The number of aromatic nitrogens is 2. The zero-order chi connectivity index (χ0) is 19.8. The molecule has 0 spiro atoms. The lowest BCUT2D eigenvalue weighted by Crippen LogP contribution is -2.36. The van der Waals surface area contributed by atoms with Crippen molar-refractivity contribution in [1.29, 1.82) is 0 Å². The van der Waals surface area contributed by atoms with Gasteiger partial charge in [-0.1, -0.05) is 26.8 Å². The third kappa shape index (κ3) is 5.35. The zero-order valence-electron chi connectivity index (χ0n) is 17.4. The van der Waals surface area contributed by atoms with Crippen molar-refractivity contribution in [3.05, 3.63) is 21.8 Å². The van der Waals surface area contributed by atoms with Crippen LogP contribution in [0.1, 0.15) is 47.0 Å². The van der Waals surface area contributed by atoms with Gasteiger partial charge in [-0.25, -0.2) is 0 Å². The highest BCUT2D eigenvalue weighted by Crippen LogP contribution is 2.31. The first-order chi connectivity index (χ1) is 13.1. The van der Waals surface area contributed by atoms with Crippen LogP contribution in [0.2, 0.25) is 0 Å². The summed E-state index contributed by atoms with van der Waals surface area (Å²) < 4.78 is 3.50. The van der Waals surface area contributed by atoms with Gasteiger partial charge in [0.15, 0.2) is 5.82 Å². The zero-order valence-corrected chi connectivity index (χ0v) is 19.6. The summed E-state index contributed by atoms with van der Waals surface area (Å²) in [6.45, 7) is 14.9. The molecule has 1 aromatic carbocycles. The minimum atomic E-state index is 0.445. The van der Waals surface area contributed by atoms with Crippen molar-refractivity contribution in [2.45, 2.75) is 59.5 Å². The summed E-state index contributed by atoms with van der Waals surface area (Å²) in [6.07, 6.45) is 3.21. The number of hydrogen-bond acceptors (Lipinski definition) is 4. The Hall–Kier alpha value is -0.860. The fourth-order valence-corrected chi connectivity index (χ4v) is 4.66. The molecule has 0 aliphatic rings. The van der Waals surface area contributed by atoms with E-state index >= 15 is 0 Å². The molecule has 1 aromatic heterocycles. The lowest BCUT2D eigenvalue weighted by Gasteiger charge is -2.30. The van der Waals surface area contributed by atoms with E-state index in [4.69, 9.17) is 10.8 Å². The van der Waals surface area contributed by atoms with Gasteiger partial charge < -0.3 is 15.5 Å². The van der Waals surface area contributed by atoms with E-state index in [1.54, 1.807) is 0 Å². The van der Waals surface area contributed by atoms with Crippen LogP contribution >= 0.6 is 22.6 Å². The Morgan fingerprint density at radius 1 is 1.15 bits per heavy atom. The fraction of sp³-hybridized carbons (Fsp3) is 0.667. The van der Waals surface area contributed by atoms with Gasteiger partial charge in [-0.2, -0.15) is 5.10 Å². The molecule has 2 aromatic rings. The van der Waals surface area contributed by atoms with Gasteiger partial charge in [0, 0.05) is 28.1 Å². The molecule has 0 amide bonds.